The lowest BCUT2D eigenvalue weighted by Crippen LogP contribution is -2.46. The van der Waals surface area contributed by atoms with E-state index in [-0.39, 0.29) is 24.9 Å². The van der Waals surface area contributed by atoms with E-state index in [1.807, 2.05) is 0 Å². The molecule has 3 N–H and O–H groups in total. The van der Waals surface area contributed by atoms with Gasteiger partial charge in [0.1, 0.15) is 6.10 Å². The van der Waals surface area contributed by atoms with Crippen molar-refractivity contribution in [1.82, 2.24) is 5.32 Å². The normalized spacial score (nSPS) is 13.2. The zero-order valence-electron chi connectivity index (χ0n) is 35.9. The van der Waals surface area contributed by atoms with Crippen LogP contribution < -0.4 is 5.32 Å². The molecular formula is C47H93NO5. The zero-order chi connectivity index (χ0) is 38.9. The number of carbonyl (C=O) groups is 2. The molecule has 0 aliphatic heterocycles. The molecule has 0 radical (unpaired) electrons. The first-order chi connectivity index (χ1) is 26.0. The highest BCUT2D eigenvalue weighted by Gasteiger charge is 2.24. The summed E-state index contributed by atoms with van der Waals surface area (Å²) in [5.74, 6) is -0.461. The minimum absolute atomic E-state index is 0.0864. The van der Waals surface area contributed by atoms with Crippen LogP contribution in [0, 0.1) is 0 Å². The third-order valence-electron chi connectivity index (χ3n) is 11.2. The smallest absolute Gasteiger partial charge is 0.306 e. The molecule has 3 atom stereocenters. The Morgan fingerprint density at radius 2 is 0.792 bits per heavy atom. The van der Waals surface area contributed by atoms with E-state index in [1.165, 1.54) is 173 Å². The summed E-state index contributed by atoms with van der Waals surface area (Å²) < 4.78 is 5.89. The van der Waals surface area contributed by atoms with Gasteiger partial charge in [0.05, 0.1) is 25.2 Å². The Morgan fingerprint density at radius 1 is 0.472 bits per heavy atom. The Labute approximate surface area is 330 Å². The molecule has 6 nitrogen and oxygen atoms in total. The number of hydrogen-bond donors (Lipinski definition) is 3. The van der Waals surface area contributed by atoms with Crippen LogP contribution in [0.15, 0.2) is 0 Å². The molecule has 0 spiro atoms. The van der Waals surface area contributed by atoms with Crippen LogP contribution in [0.1, 0.15) is 265 Å². The number of carbonyl (C=O) groups excluding carboxylic acids is 2. The molecule has 1 amide bonds. The van der Waals surface area contributed by atoms with Gasteiger partial charge in [-0.15, -0.1) is 0 Å². The summed E-state index contributed by atoms with van der Waals surface area (Å²) in [5, 5.41) is 23.7. The van der Waals surface area contributed by atoms with Gasteiger partial charge in [0, 0.05) is 6.42 Å². The van der Waals surface area contributed by atoms with Gasteiger partial charge >= 0.3 is 5.97 Å². The van der Waals surface area contributed by atoms with E-state index in [4.69, 9.17) is 4.74 Å². The molecule has 6 heteroatoms. The van der Waals surface area contributed by atoms with Gasteiger partial charge in [0.2, 0.25) is 5.91 Å². The quantitative estimate of drug-likeness (QED) is 0.0426. The highest BCUT2D eigenvalue weighted by molar-refractivity contribution is 5.77. The van der Waals surface area contributed by atoms with Gasteiger partial charge in [-0.25, -0.2) is 0 Å². The van der Waals surface area contributed by atoms with Crippen molar-refractivity contribution in [3.63, 3.8) is 0 Å². The fraction of sp³-hybridized carbons (Fsp3) is 0.957. The number of rotatable bonds is 43. The molecule has 0 rings (SSSR count). The van der Waals surface area contributed by atoms with Crippen LogP contribution in [0.2, 0.25) is 0 Å². The van der Waals surface area contributed by atoms with Gasteiger partial charge < -0.3 is 20.3 Å². The lowest BCUT2D eigenvalue weighted by atomic mass is 10.0. The monoisotopic (exact) mass is 752 g/mol. The third kappa shape index (κ3) is 37.6. The summed E-state index contributed by atoms with van der Waals surface area (Å²) in [6.45, 7) is 6.47. The predicted octanol–water partition coefficient (Wildman–Crippen LogP) is 13.6. The summed E-state index contributed by atoms with van der Waals surface area (Å²) in [4.78, 5) is 25.9. The van der Waals surface area contributed by atoms with E-state index in [9.17, 15) is 19.8 Å². The highest BCUT2D eigenvalue weighted by Crippen LogP contribution is 2.18. The lowest BCUT2D eigenvalue weighted by Gasteiger charge is -2.24. The molecular weight excluding hydrogens is 659 g/mol. The van der Waals surface area contributed by atoms with Crippen molar-refractivity contribution in [3.05, 3.63) is 0 Å². The van der Waals surface area contributed by atoms with E-state index < -0.39 is 18.2 Å². The Balaban J connectivity index is 4.43. The number of amides is 1. The van der Waals surface area contributed by atoms with E-state index in [0.717, 1.165) is 44.9 Å². The van der Waals surface area contributed by atoms with Gasteiger partial charge in [-0.3, -0.25) is 9.59 Å². The van der Waals surface area contributed by atoms with E-state index in [1.54, 1.807) is 0 Å². The SMILES string of the molecule is CCCCCCCCCCCCCCCCCC(O)C(CO)NC(=O)CC(CCCCCCCCCCCC)OC(=O)CCCCCCCCCCC. The molecule has 0 saturated carbocycles. The van der Waals surface area contributed by atoms with Gasteiger partial charge in [0.25, 0.3) is 0 Å². The van der Waals surface area contributed by atoms with Crippen molar-refractivity contribution in [2.45, 2.75) is 283 Å². The zero-order valence-corrected chi connectivity index (χ0v) is 35.9. The third-order valence-corrected chi connectivity index (χ3v) is 11.2. The maximum absolute atomic E-state index is 13.1. The van der Waals surface area contributed by atoms with Gasteiger partial charge in [0.15, 0.2) is 0 Å². The number of ether oxygens (including phenoxy) is 1. The number of aliphatic hydroxyl groups is 2. The van der Waals surface area contributed by atoms with Crippen molar-refractivity contribution in [2.75, 3.05) is 6.61 Å². The maximum Gasteiger partial charge on any atom is 0.306 e. The minimum Gasteiger partial charge on any atom is -0.462 e. The van der Waals surface area contributed by atoms with Crippen LogP contribution in [-0.4, -0.2) is 46.9 Å². The first-order valence-electron chi connectivity index (χ1n) is 23.8. The van der Waals surface area contributed by atoms with Crippen LogP contribution in [0.4, 0.5) is 0 Å². The van der Waals surface area contributed by atoms with Crippen molar-refractivity contribution >= 4 is 11.9 Å². The Bertz CT molecular complexity index is 761. The standard InChI is InChI=1S/C47H93NO5/c1-4-7-10-13-16-19-21-22-23-24-25-28-30-33-36-39-45(50)44(42-49)48-46(51)41-43(38-35-32-29-27-20-17-14-11-8-5-2)53-47(52)40-37-34-31-26-18-15-12-9-6-3/h43-45,49-50H,4-42H2,1-3H3,(H,48,51). The maximum atomic E-state index is 13.1. The van der Waals surface area contributed by atoms with Crippen molar-refractivity contribution in [3.8, 4) is 0 Å². The molecule has 0 aromatic heterocycles. The molecule has 0 aromatic carbocycles. The average molecular weight is 752 g/mol. The van der Waals surface area contributed by atoms with E-state index >= 15 is 0 Å². The minimum atomic E-state index is -0.777. The van der Waals surface area contributed by atoms with Crippen molar-refractivity contribution < 1.29 is 24.5 Å². The molecule has 0 aliphatic rings. The average Bonchev–Trinajstić information content (AvgIpc) is 3.15. The summed E-state index contributed by atoms with van der Waals surface area (Å²) in [6, 6.07) is -0.690. The lowest BCUT2D eigenvalue weighted by molar-refractivity contribution is -0.151. The van der Waals surface area contributed by atoms with Crippen LogP contribution >= 0.6 is 0 Å². The van der Waals surface area contributed by atoms with Crippen LogP contribution in [0.5, 0.6) is 0 Å². The highest BCUT2D eigenvalue weighted by atomic mass is 16.5. The van der Waals surface area contributed by atoms with Gasteiger partial charge in [-0.05, 0) is 25.7 Å². The number of esters is 1. The van der Waals surface area contributed by atoms with E-state index in [2.05, 4.69) is 26.1 Å². The predicted molar refractivity (Wildman–Crippen MR) is 227 cm³/mol. The fourth-order valence-corrected chi connectivity index (χ4v) is 7.55. The number of unbranched alkanes of at least 4 members (excludes halogenated alkanes) is 31. The van der Waals surface area contributed by atoms with Crippen LogP contribution in [0.25, 0.3) is 0 Å². The second-order valence-electron chi connectivity index (χ2n) is 16.5. The number of aliphatic hydroxyl groups excluding tert-OH is 2. The molecule has 53 heavy (non-hydrogen) atoms. The second kappa shape index (κ2) is 42.0. The van der Waals surface area contributed by atoms with E-state index in [0.29, 0.717) is 19.3 Å². The summed E-state index contributed by atoms with van der Waals surface area (Å²) >= 11 is 0. The Morgan fingerprint density at radius 3 is 1.15 bits per heavy atom. The van der Waals surface area contributed by atoms with Crippen molar-refractivity contribution in [1.29, 1.82) is 0 Å². The first kappa shape index (κ1) is 51.9. The van der Waals surface area contributed by atoms with Gasteiger partial charge in [-0.2, -0.15) is 0 Å². The summed E-state index contributed by atoms with van der Waals surface area (Å²) in [5.41, 5.74) is 0. The Hall–Kier alpha value is -1.14. The Kier molecular flexibility index (Phi) is 41.1. The molecule has 3 unspecified atom stereocenters. The largest absolute Gasteiger partial charge is 0.462 e. The molecule has 0 saturated heterocycles. The summed E-state index contributed by atoms with van der Waals surface area (Å²) in [7, 11) is 0. The number of nitrogens with one attached hydrogen (secondary N) is 1. The van der Waals surface area contributed by atoms with Crippen molar-refractivity contribution in [2.24, 2.45) is 0 Å². The molecule has 0 fully saturated rings. The molecule has 0 aromatic rings. The van der Waals surface area contributed by atoms with Gasteiger partial charge in [-0.1, -0.05) is 226 Å². The van der Waals surface area contributed by atoms with Crippen LogP contribution in [-0.2, 0) is 14.3 Å². The molecule has 0 heterocycles. The first-order valence-corrected chi connectivity index (χ1v) is 23.8. The topological polar surface area (TPSA) is 95.9 Å². The molecule has 0 bridgehead atoms. The number of hydrogen-bond acceptors (Lipinski definition) is 5. The molecule has 0 aliphatic carbocycles. The fourth-order valence-electron chi connectivity index (χ4n) is 7.55. The molecule has 316 valence electrons. The summed E-state index contributed by atoms with van der Waals surface area (Å²) in [6.07, 6.45) is 43.1. The van der Waals surface area contributed by atoms with Crippen LogP contribution in [0.3, 0.4) is 0 Å². The second-order valence-corrected chi connectivity index (χ2v) is 16.5.